The van der Waals surface area contributed by atoms with Crippen LogP contribution in [-0.4, -0.2) is 35.3 Å². The molecule has 0 bridgehead atoms. The number of nitrogens with one attached hydrogen (secondary N) is 1. The van der Waals surface area contributed by atoms with Crippen molar-refractivity contribution in [2.24, 2.45) is 0 Å². The minimum absolute atomic E-state index is 0.127. The summed E-state index contributed by atoms with van der Waals surface area (Å²) >= 11 is 5.98. The predicted molar refractivity (Wildman–Crippen MR) is 102 cm³/mol. The average molecular weight is 438 g/mol. The van der Waals surface area contributed by atoms with Crippen LogP contribution in [0.4, 0.5) is 21.7 Å². The van der Waals surface area contributed by atoms with Crippen LogP contribution in [0.15, 0.2) is 30.5 Å². The van der Waals surface area contributed by atoms with Gasteiger partial charge in [-0.3, -0.25) is 19.6 Å². The van der Waals surface area contributed by atoms with E-state index in [0.717, 1.165) is 4.68 Å². The predicted octanol–water partition coefficient (Wildman–Crippen LogP) is 2.68. The Kier molecular flexibility index (Phi) is 5.73. The zero-order valence-corrected chi connectivity index (χ0v) is 16.0. The first-order chi connectivity index (χ1) is 14.2. The maximum absolute atomic E-state index is 13.1. The van der Waals surface area contributed by atoms with E-state index in [9.17, 15) is 29.4 Å². The molecular weight excluding hydrogens is 425 g/mol. The molecule has 2 aromatic heterocycles. The molecule has 0 fully saturated rings. The summed E-state index contributed by atoms with van der Waals surface area (Å²) < 4.78 is 15.5. The third kappa shape index (κ3) is 4.41. The molecule has 0 aliphatic rings. The summed E-state index contributed by atoms with van der Waals surface area (Å²) in [6, 6.07) is 5.44. The number of carbonyl (C=O) groups is 1. The second-order valence-corrected chi connectivity index (χ2v) is 6.52. The fourth-order valence-electron chi connectivity index (χ4n) is 2.67. The Balaban J connectivity index is 1.70. The van der Waals surface area contributed by atoms with Gasteiger partial charge < -0.3 is 15.4 Å². The molecule has 0 aliphatic heterocycles. The lowest BCUT2D eigenvalue weighted by Crippen LogP contribution is -2.20. The van der Waals surface area contributed by atoms with Gasteiger partial charge in [0, 0.05) is 17.3 Å². The summed E-state index contributed by atoms with van der Waals surface area (Å²) in [7, 11) is 0. The molecule has 1 N–H and O–H groups in total. The normalized spacial score (nSPS) is 10.8. The van der Waals surface area contributed by atoms with E-state index < -0.39 is 39.6 Å². The van der Waals surface area contributed by atoms with Gasteiger partial charge in [-0.1, -0.05) is 17.7 Å². The standard InChI is InChI=1S/C16H13ClFN7O5/c1-9-15(24(27)28)16(25(29)30)21-23(9)8-14(26)19-13-4-5-22(20-13)7-10-2-3-11(18)6-12(10)17/h2-6H,7-8H2,1H3,(H,19,20,26). The Morgan fingerprint density at radius 2 is 1.97 bits per heavy atom. The lowest BCUT2D eigenvalue weighted by Gasteiger charge is -2.05. The van der Waals surface area contributed by atoms with Crippen molar-refractivity contribution in [3.63, 3.8) is 0 Å². The minimum Gasteiger partial charge on any atom is -0.358 e. The molecule has 0 saturated heterocycles. The third-order valence-corrected chi connectivity index (χ3v) is 4.41. The van der Waals surface area contributed by atoms with E-state index in [4.69, 9.17) is 11.6 Å². The molecule has 1 aromatic carbocycles. The Hall–Kier alpha value is -3.87. The zero-order chi connectivity index (χ0) is 22.0. The smallest absolute Gasteiger partial charge is 0.358 e. The first-order valence-corrected chi connectivity index (χ1v) is 8.67. The lowest BCUT2D eigenvalue weighted by atomic mass is 10.2. The molecule has 0 radical (unpaired) electrons. The van der Waals surface area contributed by atoms with Crippen LogP contribution in [0.25, 0.3) is 0 Å². The Labute approximate surface area is 172 Å². The van der Waals surface area contributed by atoms with E-state index in [-0.39, 0.29) is 23.1 Å². The highest BCUT2D eigenvalue weighted by Crippen LogP contribution is 2.29. The van der Waals surface area contributed by atoms with Gasteiger partial charge in [0.25, 0.3) is 0 Å². The highest BCUT2D eigenvalue weighted by atomic mass is 35.5. The van der Waals surface area contributed by atoms with Crippen LogP contribution in [0, 0.1) is 33.0 Å². The average Bonchev–Trinajstić information content (AvgIpc) is 3.22. The molecule has 2 heterocycles. The molecule has 0 unspecified atom stereocenters. The number of halogens is 2. The fraction of sp³-hybridized carbons (Fsp3) is 0.188. The number of rotatable bonds is 7. The van der Waals surface area contributed by atoms with Gasteiger partial charge in [0.2, 0.25) is 5.91 Å². The number of amides is 1. The number of benzene rings is 1. The molecule has 0 aliphatic carbocycles. The quantitative estimate of drug-likeness (QED) is 0.440. The Bertz CT molecular complexity index is 1160. The molecule has 0 atom stereocenters. The van der Waals surface area contributed by atoms with Crippen molar-refractivity contribution in [1.29, 1.82) is 0 Å². The molecule has 0 spiro atoms. The fourth-order valence-corrected chi connectivity index (χ4v) is 2.90. The summed E-state index contributed by atoms with van der Waals surface area (Å²) in [5, 5.41) is 32.4. The topological polar surface area (TPSA) is 151 Å². The van der Waals surface area contributed by atoms with E-state index in [1.165, 1.54) is 35.9 Å². The van der Waals surface area contributed by atoms with Gasteiger partial charge in [0.15, 0.2) is 5.82 Å². The SMILES string of the molecule is Cc1c([N+](=O)[O-])c([N+](=O)[O-])nn1CC(=O)Nc1ccn(Cc2ccc(F)cc2Cl)n1. The van der Waals surface area contributed by atoms with Gasteiger partial charge in [-0.05, 0) is 29.5 Å². The number of anilines is 1. The van der Waals surface area contributed by atoms with E-state index >= 15 is 0 Å². The van der Waals surface area contributed by atoms with E-state index in [1.54, 1.807) is 6.20 Å². The number of hydrogen-bond acceptors (Lipinski definition) is 7. The number of nitrogens with zero attached hydrogens (tertiary/aromatic N) is 6. The summed E-state index contributed by atoms with van der Waals surface area (Å²) in [5.74, 6) is -1.88. The molecule has 12 nitrogen and oxygen atoms in total. The van der Waals surface area contributed by atoms with E-state index in [1.807, 2.05) is 0 Å². The second kappa shape index (κ2) is 8.24. The molecule has 30 heavy (non-hydrogen) atoms. The minimum atomic E-state index is -0.984. The van der Waals surface area contributed by atoms with Crippen LogP contribution in [0.1, 0.15) is 11.3 Å². The van der Waals surface area contributed by atoms with Crippen molar-refractivity contribution in [2.45, 2.75) is 20.0 Å². The van der Waals surface area contributed by atoms with Crippen LogP contribution >= 0.6 is 11.6 Å². The van der Waals surface area contributed by atoms with Crippen LogP contribution in [0.3, 0.4) is 0 Å². The van der Waals surface area contributed by atoms with Gasteiger partial charge in [0.1, 0.15) is 18.1 Å². The first-order valence-electron chi connectivity index (χ1n) is 8.29. The first kappa shape index (κ1) is 20.9. The highest BCUT2D eigenvalue weighted by molar-refractivity contribution is 6.31. The summed E-state index contributed by atoms with van der Waals surface area (Å²) in [6.07, 6.45) is 1.56. The molecule has 3 rings (SSSR count). The molecule has 3 aromatic rings. The van der Waals surface area contributed by atoms with Crippen molar-refractivity contribution >= 4 is 34.8 Å². The molecule has 1 amide bonds. The van der Waals surface area contributed by atoms with E-state index in [0.29, 0.717) is 5.56 Å². The maximum atomic E-state index is 13.1. The largest absolute Gasteiger partial charge is 0.468 e. The van der Waals surface area contributed by atoms with Crippen molar-refractivity contribution < 1.29 is 19.0 Å². The van der Waals surface area contributed by atoms with Gasteiger partial charge in [-0.15, -0.1) is 0 Å². The maximum Gasteiger partial charge on any atom is 0.468 e. The third-order valence-electron chi connectivity index (χ3n) is 4.06. The Morgan fingerprint density at radius 3 is 2.57 bits per heavy atom. The van der Waals surface area contributed by atoms with Crippen LogP contribution in [0.2, 0.25) is 5.02 Å². The van der Waals surface area contributed by atoms with Gasteiger partial charge in [-0.2, -0.15) is 9.78 Å². The van der Waals surface area contributed by atoms with Crippen molar-refractivity contribution in [1.82, 2.24) is 19.6 Å². The van der Waals surface area contributed by atoms with Crippen molar-refractivity contribution in [3.05, 3.63) is 72.8 Å². The van der Waals surface area contributed by atoms with Gasteiger partial charge in [0.05, 0.1) is 16.6 Å². The van der Waals surface area contributed by atoms with Crippen molar-refractivity contribution in [3.8, 4) is 0 Å². The highest BCUT2D eigenvalue weighted by Gasteiger charge is 2.35. The number of aromatic nitrogens is 4. The van der Waals surface area contributed by atoms with Gasteiger partial charge >= 0.3 is 11.5 Å². The molecule has 156 valence electrons. The summed E-state index contributed by atoms with van der Waals surface area (Å²) in [4.78, 5) is 32.3. The van der Waals surface area contributed by atoms with Crippen molar-refractivity contribution in [2.75, 3.05) is 5.32 Å². The summed E-state index contributed by atoms with van der Waals surface area (Å²) in [5.41, 5.74) is -0.280. The zero-order valence-electron chi connectivity index (χ0n) is 15.3. The second-order valence-electron chi connectivity index (χ2n) is 6.11. The monoisotopic (exact) mass is 437 g/mol. The van der Waals surface area contributed by atoms with E-state index in [2.05, 4.69) is 15.5 Å². The van der Waals surface area contributed by atoms with Crippen LogP contribution in [-0.2, 0) is 17.9 Å². The van der Waals surface area contributed by atoms with Crippen LogP contribution in [0.5, 0.6) is 0 Å². The van der Waals surface area contributed by atoms with Crippen LogP contribution < -0.4 is 5.32 Å². The lowest BCUT2D eigenvalue weighted by molar-refractivity contribution is -0.424. The van der Waals surface area contributed by atoms with Gasteiger partial charge in [-0.25, -0.2) is 4.39 Å². The number of nitro groups is 2. The molecule has 14 heteroatoms. The number of hydrogen-bond donors (Lipinski definition) is 1. The Morgan fingerprint density at radius 1 is 1.23 bits per heavy atom. The molecular formula is C16H13ClFN7O5. The number of carbonyl (C=O) groups excluding carboxylic acids is 1. The summed E-state index contributed by atoms with van der Waals surface area (Å²) in [6.45, 7) is 0.995. The molecule has 0 saturated carbocycles.